The van der Waals surface area contributed by atoms with Crippen LogP contribution in [0.25, 0.3) is 0 Å². The average molecular weight is 139 g/mol. The zero-order chi connectivity index (χ0) is 5.70. The molecule has 0 spiro atoms. The highest BCUT2D eigenvalue weighted by atomic mass is 35.5. The van der Waals surface area contributed by atoms with Crippen LogP contribution in [0.3, 0.4) is 0 Å². The van der Waals surface area contributed by atoms with Gasteiger partial charge in [-0.25, -0.2) is 0 Å². The van der Waals surface area contributed by atoms with Gasteiger partial charge in [-0.3, -0.25) is 5.41 Å². The molecule has 4 heteroatoms. The monoisotopic (exact) mass is 138 g/mol. The van der Waals surface area contributed by atoms with Crippen molar-refractivity contribution in [3.63, 3.8) is 0 Å². The molecule has 0 amide bonds. The summed E-state index contributed by atoms with van der Waals surface area (Å²) in [7, 11) is 0. The molecule has 0 aromatic rings. The van der Waals surface area contributed by atoms with Crippen molar-refractivity contribution >= 4 is 18.2 Å². The number of nitrogens with two attached hydrogens (primary N) is 1. The second kappa shape index (κ2) is 6.72. The van der Waals surface area contributed by atoms with Crippen molar-refractivity contribution in [3.8, 4) is 0 Å². The molecule has 0 aliphatic carbocycles. The highest BCUT2D eigenvalue weighted by Crippen LogP contribution is 1.82. The fourth-order valence-electron chi connectivity index (χ4n) is 0.270. The Morgan fingerprint density at radius 1 is 1.62 bits per heavy atom. The van der Waals surface area contributed by atoms with Crippen LogP contribution in [-0.2, 0) is 0 Å². The van der Waals surface area contributed by atoms with Gasteiger partial charge in [-0.05, 0) is 6.42 Å². The third kappa shape index (κ3) is 9.21. The lowest BCUT2D eigenvalue weighted by molar-refractivity contribution is 0.291. The molecule has 0 heterocycles. The van der Waals surface area contributed by atoms with Gasteiger partial charge in [-0.15, -0.1) is 12.4 Å². The van der Waals surface area contributed by atoms with E-state index in [-0.39, 0.29) is 24.8 Å². The van der Waals surface area contributed by atoms with E-state index >= 15 is 0 Å². The van der Waals surface area contributed by atoms with Crippen molar-refractivity contribution in [1.82, 2.24) is 0 Å². The molecule has 0 fully saturated rings. The lowest BCUT2D eigenvalue weighted by atomic mass is 10.3. The lowest BCUT2D eigenvalue weighted by Crippen LogP contribution is -2.09. The van der Waals surface area contributed by atoms with E-state index in [9.17, 15) is 0 Å². The van der Waals surface area contributed by atoms with Crippen LogP contribution < -0.4 is 5.73 Å². The van der Waals surface area contributed by atoms with E-state index in [0.717, 1.165) is 0 Å². The molecule has 3 nitrogen and oxygen atoms in total. The lowest BCUT2D eigenvalue weighted by Gasteiger charge is -1.90. The maximum absolute atomic E-state index is 8.16. The molecule has 0 bridgehead atoms. The Morgan fingerprint density at radius 3 is 2.25 bits per heavy atom. The summed E-state index contributed by atoms with van der Waals surface area (Å²) >= 11 is 0. The molecule has 0 aliphatic rings. The minimum atomic E-state index is 0. The molecule has 0 aliphatic heterocycles. The van der Waals surface area contributed by atoms with Gasteiger partial charge in [0.05, 0.1) is 5.84 Å². The summed E-state index contributed by atoms with van der Waals surface area (Å²) in [5, 5.41) is 14.8. The molecule has 0 saturated heterocycles. The maximum Gasteiger partial charge on any atom is 0.0906 e. The Labute approximate surface area is 54.8 Å². The van der Waals surface area contributed by atoms with Crippen LogP contribution in [0.4, 0.5) is 0 Å². The number of hydrogen-bond acceptors (Lipinski definition) is 2. The third-order valence-electron chi connectivity index (χ3n) is 0.604. The van der Waals surface area contributed by atoms with Crippen LogP contribution in [0.5, 0.6) is 0 Å². The summed E-state index contributed by atoms with van der Waals surface area (Å²) in [4.78, 5) is 0. The topological polar surface area (TPSA) is 70.1 Å². The number of nitrogens with one attached hydrogen (secondary N) is 1. The first-order valence-electron chi connectivity index (χ1n) is 2.21. The molecule has 0 atom stereocenters. The predicted octanol–water partition coefficient (Wildman–Crippen LogP) is 0.117. The number of rotatable bonds is 3. The zero-order valence-corrected chi connectivity index (χ0v) is 5.37. The number of hydrogen-bond donors (Lipinski definition) is 3. The van der Waals surface area contributed by atoms with Gasteiger partial charge in [0, 0.05) is 13.0 Å². The average Bonchev–Trinajstić information content (AvgIpc) is 1.61. The Morgan fingerprint density at radius 2 is 2.12 bits per heavy atom. The number of halogens is 1. The first-order valence-corrected chi connectivity index (χ1v) is 2.21. The Hall–Kier alpha value is -0.280. The first-order chi connectivity index (χ1) is 3.27. The molecule has 0 radical (unpaired) electrons. The molecular formula is C4H11ClN2O. The van der Waals surface area contributed by atoms with E-state index in [1.165, 1.54) is 0 Å². The standard InChI is InChI=1S/C4H10N2O.ClH/c5-4(6)2-1-3-7;/h7H,1-3H2,(H3,5,6);1H. The zero-order valence-electron chi connectivity index (χ0n) is 4.55. The van der Waals surface area contributed by atoms with Crippen molar-refractivity contribution in [2.45, 2.75) is 12.8 Å². The highest BCUT2D eigenvalue weighted by molar-refractivity contribution is 5.85. The van der Waals surface area contributed by atoms with E-state index in [1.807, 2.05) is 0 Å². The third-order valence-corrected chi connectivity index (χ3v) is 0.604. The minimum Gasteiger partial charge on any atom is -0.396 e. The van der Waals surface area contributed by atoms with E-state index in [4.69, 9.17) is 16.2 Å². The maximum atomic E-state index is 8.16. The molecule has 8 heavy (non-hydrogen) atoms. The van der Waals surface area contributed by atoms with Crippen LogP contribution >= 0.6 is 12.4 Å². The highest BCUT2D eigenvalue weighted by Gasteiger charge is 1.84. The van der Waals surface area contributed by atoms with E-state index in [0.29, 0.717) is 12.8 Å². The number of amidine groups is 1. The Kier molecular flexibility index (Phi) is 8.95. The van der Waals surface area contributed by atoms with Gasteiger partial charge in [0.15, 0.2) is 0 Å². The van der Waals surface area contributed by atoms with Crippen LogP contribution in [-0.4, -0.2) is 17.5 Å². The number of aliphatic hydroxyl groups excluding tert-OH is 1. The molecule has 0 aromatic heterocycles. The molecule has 0 unspecified atom stereocenters. The quantitative estimate of drug-likeness (QED) is 0.383. The van der Waals surface area contributed by atoms with Crippen molar-refractivity contribution < 1.29 is 5.11 Å². The van der Waals surface area contributed by atoms with Crippen LogP contribution in [0.2, 0.25) is 0 Å². The van der Waals surface area contributed by atoms with Crippen LogP contribution in [0.1, 0.15) is 12.8 Å². The molecule has 4 N–H and O–H groups in total. The van der Waals surface area contributed by atoms with Gasteiger partial charge < -0.3 is 10.8 Å². The van der Waals surface area contributed by atoms with E-state index < -0.39 is 0 Å². The summed E-state index contributed by atoms with van der Waals surface area (Å²) in [6.45, 7) is 0.125. The van der Waals surface area contributed by atoms with E-state index in [2.05, 4.69) is 0 Å². The van der Waals surface area contributed by atoms with Gasteiger partial charge in [-0.1, -0.05) is 0 Å². The van der Waals surface area contributed by atoms with Gasteiger partial charge in [0.1, 0.15) is 0 Å². The van der Waals surface area contributed by atoms with Crippen molar-refractivity contribution in [2.75, 3.05) is 6.61 Å². The molecule has 0 aromatic carbocycles. The molecule has 0 saturated carbocycles. The van der Waals surface area contributed by atoms with Crippen molar-refractivity contribution in [2.24, 2.45) is 5.73 Å². The summed E-state index contributed by atoms with van der Waals surface area (Å²) in [5.41, 5.74) is 4.95. The number of aliphatic hydroxyl groups is 1. The summed E-state index contributed by atoms with van der Waals surface area (Å²) in [5.74, 6) is 0.147. The summed E-state index contributed by atoms with van der Waals surface area (Å²) < 4.78 is 0. The largest absolute Gasteiger partial charge is 0.396 e. The fraction of sp³-hybridized carbons (Fsp3) is 0.750. The molecule has 50 valence electrons. The molecule has 0 rings (SSSR count). The van der Waals surface area contributed by atoms with Gasteiger partial charge in [0.2, 0.25) is 0 Å². The molecular weight excluding hydrogens is 128 g/mol. The normalized spacial score (nSPS) is 7.62. The van der Waals surface area contributed by atoms with Crippen molar-refractivity contribution in [1.29, 1.82) is 5.41 Å². The van der Waals surface area contributed by atoms with Crippen LogP contribution in [0.15, 0.2) is 0 Å². The predicted molar refractivity (Wildman–Crippen MR) is 35.5 cm³/mol. The summed E-state index contributed by atoms with van der Waals surface area (Å²) in [6.07, 6.45) is 1.12. The van der Waals surface area contributed by atoms with Crippen LogP contribution in [0, 0.1) is 5.41 Å². The SMILES string of the molecule is Cl.N=C(N)CCCO. The van der Waals surface area contributed by atoms with E-state index in [1.54, 1.807) is 0 Å². The first kappa shape index (κ1) is 10.7. The van der Waals surface area contributed by atoms with Crippen molar-refractivity contribution in [3.05, 3.63) is 0 Å². The van der Waals surface area contributed by atoms with Gasteiger partial charge >= 0.3 is 0 Å². The Balaban J connectivity index is 0. The minimum absolute atomic E-state index is 0. The second-order valence-electron chi connectivity index (χ2n) is 1.35. The van der Waals surface area contributed by atoms with Gasteiger partial charge in [0.25, 0.3) is 0 Å². The smallest absolute Gasteiger partial charge is 0.0906 e. The summed E-state index contributed by atoms with van der Waals surface area (Å²) in [6, 6.07) is 0. The fourth-order valence-corrected chi connectivity index (χ4v) is 0.270. The Bertz CT molecular complexity index is 67.1. The van der Waals surface area contributed by atoms with Gasteiger partial charge in [-0.2, -0.15) is 0 Å². The second-order valence-corrected chi connectivity index (χ2v) is 1.35.